The van der Waals surface area contributed by atoms with E-state index < -0.39 is 5.97 Å². The monoisotopic (exact) mass is 301 g/mol. The highest BCUT2D eigenvalue weighted by atomic mass is 79.9. The van der Waals surface area contributed by atoms with Gasteiger partial charge in [-0.2, -0.15) is 0 Å². The smallest absolute Gasteiger partial charge is 0.303 e. The van der Waals surface area contributed by atoms with Crippen molar-refractivity contribution in [3.05, 3.63) is 22.2 Å². The fourth-order valence-electron chi connectivity index (χ4n) is 1.71. The molecule has 1 aromatic carbocycles. The second-order valence-electron chi connectivity index (χ2n) is 3.77. The van der Waals surface area contributed by atoms with Gasteiger partial charge in [-0.25, -0.2) is 0 Å². The van der Waals surface area contributed by atoms with Gasteiger partial charge in [0.1, 0.15) is 0 Å². The Morgan fingerprint density at radius 1 is 1.53 bits per heavy atom. The fourth-order valence-corrected chi connectivity index (χ4v) is 2.17. The Morgan fingerprint density at radius 2 is 2.29 bits per heavy atom. The first-order chi connectivity index (χ1) is 8.08. The molecule has 6 heteroatoms. The summed E-state index contributed by atoms with van der Waals surface area (Å²) < 4.78 is 11.4. The van der Waals surface area contributed by atoms with Gasteiger partial charge in [0.2, 0.25) is 6.79 Å². The average Bonchev–Trinajstić information content (AvgIpc) is 2.72. The maximum atomic E-state index is 10.5. The number of rotatable bonds is 4. The second-order valence-corrected chi connectivity index (χ2v) is 4.68. The standard InChI is InChI=1S/C11H12BrNO4/c12-6-3-7(8(13)1-2-10(14)15)11-9(4-6)16-5-17-11/h3-4,8H,1-2,5,13H2,(H,14,15). The van der Waals surface area contributed by atoms with Gasteiger partial charge in [-0.05, 0) is 18.6 Å². The minimum absolute atomic E-state index is 0.0311. The number of nitrogens with two attached hydrogens (primary N) is 1. The van der Waals surface area contributed by atoms with Crippen molar-refractivity contribution < 1.29 is 19.4 Å². The third kappa shape index (κ3) is 2.70. The van der Waals surface area contributed by atoms with E-state index >= 15 is 0 Å². The number of ether oxygens (including phenoxy) is 2. The molecule has 0 bridgehead atoms. The maximum Gasteiger partial charge on any atom is 0.303 e. The van der Waals surface area contributed by atoms with Gasteiger partial charge in [0.15, 0.2) is 11.5 Å². The summed E-state index contributed by atoms with van der Waals surface area (Å²) in [6.07, 6.45) is 0.394. The number of aliphatic carboxylic acids is 1. The zero-order valence-corrected chi connectivity index (χ0v) is 10.6. The van der Waals surface area contributed by atoms with Crippen molar-refractivity contribution >= 4 is 21.9 Å². The highest BCUT2D eigenvalue weighted by Crippen LogP contribution is 2.41. The van der Waals surface area contributed by atoms with Crippen LogP contribution < -0.4 is 15.2 Å². The van der Waals surface area contributed by atoms with Crippen molar-refractivity contribution in [2.24, 2.45) is 5.73 Å². The lowest BCUT2D eigenvalue weighted by Gasteiger charge is -2.13. The van der Waals surface area contributed by atoms with Crippen LogP contribution in [0.2, 0.25) is 0 Å². The van der Waals surface area contributed by atoms with Crippen molar-refractivity contribution in [3.63, 3.8) is 0 Å². The van der Waals surface area contributed by atoms with Crippen LogP contribution in [0.1, 0.15) is 24.4 Å². The summed E-state index contributed by atoms with van der Waals surface area (Å²) in [6, 6.07) is 3.26. The van der Waals surface area contributed by atoms with E-state index in [9.17, 15) is 4.79 Å². The molecule has 1 atom stereocenters. The molecule has 0 radical (unpaired) electrons. The Kier molecular flexibility index (Phi) is 3.54. The molecule has 0 fully saturated rings. The number of carboxylic acid groups (broad SMARTS) is 1. The van der Waals surface area contributed by atoms with Gasteiger partial charge in [-0.3, -0.25) is 4.79 Å². The molecule has 5 nitrogen and oxygen atoms in total. The Morgan fingerprint density at radius 3 is 3.00 bits per heavy atom. The summed E-state index contributed by atoms with van der Waals surface area (Å²) in [5.74, 6) is 0.399. The predicted molar refractivity (Wildman–Crippen MR) is 64.1 cm³/mol. The Balaban J connectivity index is 2.22. The fraction of sp³-hybridized carbons (Fsp3) is 0.364. The third-order valence-electron chi connectivity index (χ3n) is 2.53. The summed E-state index contributed by atoms with van der Waals surface area (Å²) in [5.41, 5.74) is 6.74. The van der Waals surface area contributed by atoms with Crippen molar-refractivity contribution in [2.75, 3.05) is 6.79 Å². The number of carboxylic acids is 1. The molecule has 17 heavy (non-hydrogen) atoms. The van der Waals surface area contributed by atoms with E-state index in [2.05, 4.69) is 15.9 Å². The summed E-state index contributed by atoms with van der Waals surface area (Å²) >= 11 is 3.36. The molecule has 0 aliphatic carbocycles. The molecule has 1 aliphatic heterocycles. The highest BCUT2D eigenvalue weighted by molar-refractivity contribution is 9.10. The predicted octanol–water partition coefficient (Wildman–Crippen LogP) is 2.04. The number of fused-ring (bicyclic) bond motifs is 1. The van der Waals surface area contributed by atoms with Gasteiger partial charge in [-0.15, -0.1) is 0 Å². The number of halogens is 1. The van der Waals surface area contributed by atoms with Gasteiger partial charge < -0.3 is 20.3 Å². The van der Waals surface area contributed by atoms with Crippen LogP contribution in [0.5, 0.6) is 11.5 Å². The number of hydrogen-bond donors (Lipinski definition) is 2. The molecule has 1 aliphatic rings. The van der Waals surface area contributed by atoms with Crippen LogP contribution in [0.4, 0.5) is 0 Å². The lowest BCUT2D eigenvalue weighted by molar-refractivity contribution is -0.137. The molecule has 1 unspecified atom stereocenters. The molecule has 0 saturated heterocycles. The normalized spacial score (nSPS) is 14.7. The molecule has 0 spiro atoms. The molecular formula is C11H12BrNO4. The third-order valence-corrected chi connectivity index (χ3v) is 2.99. The topological polar surface area (TPSA) is 81.8 Å². The molecule has 1 heterocycles. The zero-order valence-electron chi connectivity index (χ0n) is 8.98. The molecule has 3 N–H and O–H groups in total. The van der Waals surface area contributed by atoms with E-state index in [-0.39, 0.29) is 19.3 Å². The van der Waals surface area contributed by atoms with Crippen LogP contribution in [0, 0.1) is 0 Å². The van der Waals surface area contributed by atoms with E-state index in [0.717, 1.165) is 10.0 Å². The van der Waals surface area contributed by atoms with Crippen LogP contribution in [0.3, 0.4) is 0 Å². The molecule has 0 saturated carbocycles. The first-order valence-electron chi connectivity index (χ1n) is 5.14. The summed E-state index contributed by atoms with van der Waals surface area (Å²) in [5, 5.41) is 8.64. The van der Waals surface area contributed by atoms with E-state index in [1.54, 1.807) is 6.07 Å². The van der Waals surface area contributed by atoms with Crippen molar-refractivity contribution in [1.29, 1.82) is 0 Å². The first kappa shape index (κ1) is 12.2. The maximum absolute atomic E-state index is 10.5. The molecular weight excluding hydrogens is 290 g/mol. The highest BCUT2D eigenvalue weighted by Gasteiger charge is 2.22. The summed E-state index contributed by atoms with van der Waals surface area (Å²) in [4.78, 5) is 10.5. The van der Waals surface area contributed by atoms with Crippen molar-refractivity contribution in [1.82, 2.24) is 0 Å². The van der Waals surface area contributed by atoms with Gasteiger partial charge in [0.25, 0.3) is 0 Å². The minimum atomic E-state index is -0.857. The quantitative estimate of drug-likeness (QED) is 0.889. The lowest BCUT2D eigenvalue weighted by atomic mass is 10.0. The van der Waals surface area contributed by atoms with Crippen molar-refractivity contribution in [2.45, 2.75) is 18.9 Å². The van der Waals surface area contributed by atoms with Crippen LogP contribution >= 0.6 is 15.9 Å². The van der Waals surface area contributed by atoms with E-state index in [4.69, 9.17) is 20.3 Å². The van der Waals surface area contributed by atoms with Crippen LogP contribution in [-0.2, 0) is 4.79 Å². The van der Waals surface area contributed by atoms with Crippen LogP contribution in [-0.4, -0.2) is 17.9 Å². The van der Waals surface area contributed by atoms with E-state index in [1.165, 1.54) is 0 Å². The second kappa shape index (κ2) is 4.93. The van der Waals surface area contributed by atoms with Crippen LogP contribution in [0.25, 0.3) is 0 Å². The molecule has 0 amide bonds. The number of hydrogen-bond acceptors (Lipinski definition) is 4. The molecule has 92 valence electrons. The summed E-state index contributed by atoms with van der Waals surface area (Å²) in [7, 11) is 0. The Hall–Kier alpha value is -1.27. The number of carbonyl (C=O) groups is 1. The lowest BCUT2D eigenvalue weighted by Crippen LogP contribution is -2.13. The average molecular weight is 302 g/mol. The van der Waals surface area contributed by atoms with E-state index in [0.29, 0.717) is 17.9 Å². The zero-order chi connectivity index (χ0) is 12.4. The Labute approximate surface area is 107 Å². The largest absolute Gasteiger partial charge is 0.481 e. The van der Waals surface area contributed by atoms with Gasteiger partial charge in [0, 0.05) is 22.5 Å². The number of benzene rings is 1. The summed E-state index contributed by atoms with van der Waals surface area (Å²) in [6.45, 7) is 0.171. The van der Waals surface area contributed by atoms with Gasteiger partial charge in [-0.1, -0.05) is 15.9 Å². The van der Waals surface area contributed by atoms with Crippen molar-refractivity contribution in [3.8, 4) is 11.5 Å². The van der Waals surface area contributed by atoms with Gasteiger partial charge >= 0.3 is 5.97 Å². The first-order valence-corrected chi connectivity index (χ1v) is 5.93. The minimum Gasteiger partial charge on any atom is -0.481 e. The molecule has 0 aromatic heterocycles. The van der Waals surface area contributed by atoms with E-state index in [1.807, 2.05) is 6.07 Å². The molecule has 2 rings (SSSR count). The molecule has 1 aromatic rings. The van der Waals surface area contributed by atoms with Gasteiger partial charge in [0.05, 0.1) is 0 Å². The Bertz CT molecular complexity index is 449. The van der Waals surface area contributed by atoms with Crippen LogP contribution in [0.15, 0.2) is 16.6 Å². The SMILES string of the molecule is NC(CCC(=O)O)c1cc(Br)cc2c1OCO2.